The van der Waals surface area contributed by atoms with Gasteiger partial charge in [0, 0.05) is 5.69 Å². The van der Waals surface area contributed by atoms with Gasteiger partial charge in [-0.3, -0.25) is 0 Å². The molecule has 2 heteroatoms. The van der Waals surface area contributed by atoms with Gasteiger partial charge < -0.3 is 11.5 Å². The predicted molar refractivity (Wildman–Crippen MR) is 52.9 cm³/mol. The number of hydrogen-bond donors (Lipinski definition) is 2. The lowest BCUT2D eigenvalue weighted by molar-refractivity contribution is 0.692. The van der Waals surface area contributed by atoms with E-state index < -0.39 is 0 Å². The molecule has 0 heterocycles. The molecule has 4 N–H and O–H groups in total. The number of anilines is 1. The van der Waals surface area contributed by atoms with Crippen LogP contribution in [0.1, 0.15) is 24.8 Å². The largest absolute Gasteiger partial charge is 0.398 e. The third-order valence-electron chi connectivity index (χ3n) is 2.13. The van der Waals surface area contributed by atoms with Crippen LogP contribution in [0.3, 0.4) is 0 Å². The van der Waals surface area contributed by atoms with Crippen molar-refractivity contribution in [2.24, 2.45) is 5.73 Å². The Morgan fingerprint density at radius 3 is 2.58 bits per heavy atom. The van der Waals surface area contributed by atoms with Gasteiger partial charge >= 0.3 is 0 Å². The zero-order chi connectivity index (χ0) is 8.97. The molecule has 1 aromatic rings. The third kappa shape index (κ3) is 1.98. The summed E-state index contributed by atoms with van der Waals surface area (Å²) in [6.45, 7) is 2.87. The van der Waals surface area contributed by atoms with E-state index in [-0.39, 0.29) is 0 Å². The summed E-state index contributed by atoms with van der Waals surface area (Å²) in [6, 6.07) is 7.96. The van der Waals surface area contributed by atoms with E-state index in [4.69, 9.17) is 11.5 Å². The Hall–Kier alpha value is -1.02. The summed E-state index contributed by atoms with van der Waals surface area (Å²) in [6.07, 6.45) is 0.994. The van der Waals surface area contributed by atoms with Crippen molar-refractivity contribution in [2.75, 3.05) is 12.3 Å². The highest BCUT2D eigenvalue weighted by Gasteiger charge is 2.06. The summed E-state index contributed by atoms with van der Waals surface area (Å²) in [5, 5.41) is 0. The summed E-state index contributed by atoms with van der Waals surface area (Å²) in [5.74, 6) is 0.469. The molecule has 0 aromatic heterocycles. The standard InChI is InChI=1S/C10H16N2/c1-8(6-7-11)9-4-2-3-5-10(9)12/h2-5,8H,6-7,11-12H2,1H3. The lowest BCUT2D eigenvalue weighted by atomic mass is 9.96. The molecule has 0 spiro atoms. The van der Waals surface area contributed by atoms with Crippen molar-refractivity contribution in [1.29, 1.82) is 0 Å². The number of nitrogen functional groups attached to an aromatic ring is 1. The van der Waals surface area contributed by atoms with E-state index in [1.54, 1.807) is 0 Å². The van der Waals surface area contributed by atoms with Crippen LogP contribution in [0.2, 0.25) is 0 Å². The van der Waals surface area contributed by atoms with E-state index in [1.807, 2.05) is 18.2 Å². The molecule has 2 nitrogen and oxygen atoms in total. The Morgan fingerprint density at radius 2 is 2.00 bits per heavy atom. The summed E-state index contributed by atoms with van der Waals surface area (Å²) < 4.78 is 0. The van der Waals surface area contributed by atoms with Gasteiger partial charge in [0.15, 0.2) is 0 Å². The highest BCUT2D eigenvalue weighted by Crippen LogP contribution is 2.23. The van der Waals surface area contributed by atoms with E-state index >= 15 is 0 Å². The molecule has 0 fully saturated rings. The topological polar surface area (TPSA) is 52.0 Å². The Balaban J connectivity index is 2.79. The van der Waals surface area contributed by atoms with Crippen molar-refractivity contribution in [3.63, 3.8) is 0 Å². The molecule has 1 aromatic carbocycles. The van der Waals surface area contributed by atoms with Gasteiger partial charge in [-0.2, -0.15) is 0 Å². The first-order chi connectivity index (χ1) is 5.75. The van der Waals surface area contributed by atoms with E-state index in [0.29, 0.717) is 5.92 Å². The molecule has 66 valence electrons. The minimum atomic E-state index is 0.469. The van der Waals surface area contributed by atoms with Crippen molar-refractivity contribution in [3.05, 3.63) is 29.8 Å². The van der Waals surface area contributed by atoms with Gasteiger partial charge in [-0.25, -0.2) is 0 Å². The Labute approximate surface area is 73.6 Å². The first-order valence-electron chi connectivity index (χ1n) is 4.30. The number of para-hydroxylation sites is 1. The molecule has 0 saturated heterocycles. The van der Waals surface area contributed by atoms with Gasteiger partial charge in [-0.1, -0.05) is 25.1 Å². The summed E-state index contributed by atoms with van der Waals surface area (Å²) in [4.78, 5) is 0. The van der Waals surface area contributed by atoms with Crippen LogP contribution < -0.4 is 11.5 Å². The molecule has 0 saturated carbocycles. The first-order valence-corrected chi connectivity index (χ1v) is 4.30. The molecule has 0 aliphatic heterocycles. The Bertz CT molecular complexity index is 245. The second kappa shape index (κ2) is 4.12. The molecule has 0 bridgehead atoms. The van der Waals surface area contributed by atoms with E-state index in [0.717, 1.165) is 18.7 Å². The van der Waals surface area contributed by atoms with Crippen molar-refractivity contribution in [2.45, 2.75) is 19.3 Å². The van der Waals surface area contributed by atoms with Crippen molar-refractivity contribution in [3.8, 4) is 0 Å². The number of rotatable bonds is 3. The fourth-order valence-electron chi connectivity index (χ4n) is 1.37. The van der Waals surface area contributed by atoms with Crippen LogP contribution in [-0.2, 0) is 0 Å². The first kappa shape index (κ1) is 9.07. The van der Waals surface area contributed by atoms with Gasteiger partial charge in [0.25, 0.3) is 0 Å². The van der Waals surface area contributed by atoms with Crippen LogP contribution in [0.5, 0.6) is 0 Å². The monoisotopic (exact) mass is 164 g/mol. The van der Waals surface area contributed by atoms with Crippen molar-refractivity contribution < 1.29 is 0 Å². The number of nitrogens with two attached hydrogens (primary N) is 2. The van der Waals surface area contributed by atoms with Gasteiger partial charge in [0.1, 0.15) is 0 Å². The second-order valence-corrected chi connectivity index (χ2v) is 3.11. The molecule has 0 aliphatic rings. The number of hydrogen-bond acceptors (Lipinski definition) is 2. The quantitative estimate of drug-likeness (QED) is 0.668. The van der Waals surface area contributed by atoms with E-state index in [9.17, 15) is 0 Å². The molecule has 1 unspecified atom stereocenters. The van der Waals surface area contributed by atoms with Crippen LogP contribution in [0.4, 0.5) is 5.69 Å². The fourth-order valence-corrected chi connectivity index (χ4v) is 1.37. The average molecular weight is 164 g/mol. The normalized spacial score (nSPS) is 12.8. The van der Waals surface area contributed by atoms with Crippen LogP contribution in [-0.4, -0.2) is 6.54 Å². The maximum atomic E-state index is 5.81. The highest BCUT2D eigenvalue weighted by atomic mass is 14.6. The molecular weight excluding hydrogens is 148 g/mol. The summed E-state index contributed by atoms with van der Waals surface area (Å²) in [5.41, 5.74) is 13.4. The van der Waals surface area contributed by atoms with Crippen molar-refractivity contribution >= 4 is 5.69 Å². The van der Waals surface area contributed by atoms with E-state index in [2.05, 4.69) is 13.0 Å². The van der Waals surface area contributed by atoms with E-state index in [1.165, 1.54) is 5.56 Å². The Morgan fingerprint density at radius 1 is 1.33 bits per heavy atom. The fraction of sp³-hybridized carbons (Fsp3) is 0.400. The minimum absolute atomic E-state index is 0.469. The molecule has 12 heavy (non-hydrogen) atoms. The van der Waals surface area contributed by atoms with Gasteiger partial charge in [-0.15, -0.1) is 0 Å². The third-order valence-corrected chi connectivity index (χ3v) is 2.13. The predicted octanol–water partition coefficient (Wildman–Crippen LogP) is 1.72. The molecule has 0 amide bonds. The molecule has 0 radical (unpaired) electrons. The molecule has 0 aliphatic carbocycles. The van der Waals surface area contributed by atoms with Gasteiger partial charge in [0.05, 0.1) is 0 Å². The smallest absolute Gasteiger partial charge is 0.0349 e. The lowest BCUT2D eigenvalue weighted by Gasteiger charge is -2.12. The second-order valence-electron chi connectivity index (χ2n) is 3.11. The van der Waals surface area contributed by atoms with Crippen LogP contribution >= 0.6 is 0 Å². The summed E-state index contributed by atoms with van der Waals surface area (Å²) >= 11 is 0. The summed E-state index contributed by atoms with van der Waals surface area (Å²) in [7, 11) is 0. The van der Waals surface area contributed by atoms with Crippen LogP contribution in [0.25, 0.3) is 0 Å². The maximum Gasteiger partial charge on any atom is 0.0349 e. The number of benzene rings is 1. The van der Waals surface area contributed by atoms with Crippen LogP contribution in [0.15, 0.2) is 24.3 Å². The molecular formula is C10H16N2. The Kier molecular flexibility index (Phi) is 3.11. The van der Waals surface area contributed by atoms with Crippen LogP contribution in [0, 0.1) is 0 Å². The van der Waals surface area contributed by atoms with Gasteiger partial charge in [0.2, 0.25) is 0 Å². The molecule has 1 atom stereocenters. The van der Waals surface area contributed by atoms with Gasteiger partial charge in [-0.05, 0) is 30.5 Å². The average Bonchev–Trinajstić information content (AvgIpc) is 2.05. The minimum Gasteiger partial charge on any atom is -0.398 e. The molecule has 1 rings (SSSR count). The lowest BCUT2D eigenvalue weighted by Crippen LogP contribution is -2.06. The SMILES string of the molecule is CC(CCN)c1ccccc1N. The zero-order valence-electron chi connectivity index (χ0n) is 7.46. The van der Waals surface area contributed by atoms with Crippen molar-refractivity contribution in [1.82, 2.24) is 0 Å². The highest BCUT2D eigenvalue weighted by molar-refractivity contribution is 5.48. The maximum absolute atomic E-state index is 5.81. The zero-order valence-corrected chi connectivity index (χ0v) is 7.46.